The van der Waals surface area contributed by atoms with Gasteiger partial charge in [-0.1, -0.05) is 41.9 Å². The van der Waals surface area contributed by atoms with Crippen molar-refractivity contribution in [1.29, 1.82) is 0 Å². The Morgan fingerprint density at radius 2 is 1.97 bits per heavy atom. The van der Waals surface area contributed by atoms with E-state index >= 15 is 0 Å². The Hall–Kier alpha value is -2.44. The summed E-state index contributed by atoms with van der Waals surface area (Å²) in [4.78, 5) is 14.6. The van der Waals surface area contributed by atoms with Crippen molar-refractivity contribution in [3.05, 3.63) is 87.7 Å². The molecule has 0 saturated carbocycles. The molecule has 2 aromatic rings. The van der Waals surface area contributed by atoms with E-state index in [4.69, 9.17) is 16.3 Å². The number of aliphatic hydroxyl groups is 1. The van der Waals surface area contributed by atoms with Gasteiger partial charge in [0.1, 0.15) is 0 Å². The average molecular weight is 453 g/mol. The number of ether oxygens (including phenoxy) is 1. The van der Waals surface area contributed by atoms with Gasteiger partial charge in [-0.3, -0.25) is 9.69 Å². The van der Waals surface area contributed by atoms with E-state index < -0.39 is 0 Å². The number of nitrogens with zero attached hydrogens (tertiary/aromatic N) is 1. The van der Waals surface area contributed by atoms with Crippen molar-refractivity contribution in [3.63, 3.8) is 0 Å². The number of nitrogens with one attached hydrogen (secondary N) is 1. The van der Waals surface area contributed by atoms with Gasteiger partial charge in [-0.2, -0.15) is 0 Å². The Kier molecular flexibility index (Phi) is 7.43. The molecule has 0 spiro atoms. The molecule has 168 valence electrons. The van der Waals surface area contributed by atoms with Crippen LogP contribution in [0.4, 0.5) is 0 Å². The van der Waals surface area contributed by atoms with Gasteiger partial charge in [-0.05, 0) is 66.3 Å². The third kappa shape index (κ3) is 5.87. The van der Waals surface area contributed by atoms with E-state index in [0.29, 0.717) is 24.6 Å². The van der Waals surface area contributed by atoms with Crippen LogP contribution in [0.25, 0.3) is 6.08 Å². The van der Waals surface area contributed by atoms with E-state index in [1.165, 1.54) is 11.1 Å². The van der Waals surface area contributed by atoms with Crippen LogP contribution in [0.1, 0.15) is 42.0 Å². The van der Waals surface area contributed by atoms with E-state index in [9.17, 15) is 9.90 Å². The number of fused-ring (bicyclic) bond motifs is 1. The first-order chi connectivity index (χ1) is 15.5. The van der Waals surface area contributed by atoms with Crippen LogP contribution in [0.2, 0.25) is 5.02 Å². The normalized spacial score (nSPS) is 19.0. The molecule has 32 heavy (non-hydrogen) atoms. The van der Waals surface area contributed by atoms with Crippen molar-refractivity contribution >= 4 is 23.6 Å². The summed E-state index contributed by atoms with van der Waals surface area (Å²) in [6.45, 7) is 3.54. The Bertz CT molecular complexity index is 1010. The zero-order chi connectivity index (χ0) is 22.5. The SMILES string of the molecule is C[C@H](O)CNCc1ccc2c(c1)CCC(N1C=CC(OCc3ccc(Cl)cc3)CC1=O)=C2. The molecule has 6 heteroatoms. The lowest BCUT2D eigenvalue weighted by atomic mass is 9.92. The molecule has 2 N–H and O–H groups in total. The predicted octanol–water partition coefficient (Wildman–Crippen LogP) is 4.43. The lowest BCUT2D eigenvalue weighted by Gasteiger charge is -2.30. The van der Waals surface area contributed by atoms with E-state index in [0.717, 1.165) is 36.2 Å². The van der Waals surface area contributed by atoms with Gasteiger partial charge in [-0.15, -0.1) is 0 Å². The summed E-state index contributed by atoms with van der Waals surface area (Å²) in [7, 11) is 0. The summed E-state index contributed by atoms with van der Waals surface area (Å²) < 4.78 is 5.91. The number of hydrogen-bond donors (Lipinski definition) is 2. The molecule has 1 amide bonds. The van der Waals surface area contributed by atoms with Gasteiger partial charge in [0.15, 0.2) is 0 Å². The molecule has 0 bridgehead atoms. The molecule has 5 nitrogen and oxygen atoms in total. The fourth-order valence-corrected chi connectivity index (χ4v) is 4.14. The van der Waals surface area contributed by atoms with Crippen LogP contribution < -0.4 is 5.32 Å². The summed E-state index contributed by atoms with van der Waals surface area (Å²) in [6.07, 6.45) is 7.42. The third-order valence-corrected chi connectivity index (χ3v) is 5.98. The maximum atomic E-state index is 12.8. The second-order valence-corrected chi connectivity index (χ2v) is 8.87. The molecule has 0 aromatic heterocycles. The quantitative estimate of drug-likeness (QED) is 0.622. The van der Waals surface area contributed by atoms with Gasteiger partial charge >= 0.3 is 0 Å². The van der Waals surface area contributed by atoms with Crippen molar-refractivity contribution in [2.45, 2.75) is 51.5 Å². The number of allylic oxidation sites excluding steroid dienone is 1. The number of carbonyl (C=O) groups excluding carboxylic acids is 1. The number of carbonyl (C=O) groups is 1. The third-order valence-electron chi connectivity index (χ3n) is 5.73. The minimum Gasteiger partial charge on any atom is -0.392 e. The molecule has 0 radical (unpaired) electrons. The Labute approximate surface area is 194 Å². The van der Waals surface area contributed by atoms with Crippen molar-refractivity contribution in [2.75, 3.05) is 6.54 Å². The fraction of sp³-hybridized carbons (Fsp3) is 0.346. The lowest BCUT2D eigenvalue weighted by Crippen LogP contribution is -2.34. The molecule has 0 saturated heterocycles. The molecule has 1 aliphatic heterocycles. The highest BCUT2D eigenvalue weighted by atomic mass is 35.5. The minimum absolute atomic E-state index is 0.0576. The Morgan fingerprint density at radius 1 is 1.19 bits per heavy atom. The monoisotopic (exact) mass is 452 g/mol. The number of hydrogen-bond acceptors (Lipinski definition) is 4. The van der Waals surface area contributed by atoms with Crippen LogP contribution in [0, 0.1) is 0 Å². The molecule has 0 fully saturated rings. The topological polar surface area (TPSA) is 61.8 Å². The van der Waals surface area contributed by atoms with Gasteiger partial charge in [0.25, 0.3) is 0 Å². The number of aryl methyl sites for hydroxylation is 1. The van der Waals surface area contributed by atoms with Crippen LogP contribution in [0.3, 0.4) is 0 Å². The predicted molar refractivity (Wildman–Crippen MR) is 127 cm³/mol. The van der Waals surface area contributed by atoms with Gasteiger partial charge in [0.05, 0.1) is 25.2 Å². The number of benzene rings is 2. The molecule has 1 heterocycles. The summed E-state index contributed by atoms with van der Waals surface area (Å²) >= 11 is 5.92. The summed E-state index contributed by atoms with van der Waals surface area (Å²) in [5.41, 5.74) is 5.71. The minimum atomic E-state index is -0.351. The number of rotatable bonds is 8. The summed E-state index contributed by atoms with van der Waals surface area (Å²) in [5.74, 6) is 0.0576. The van der Waals surface area contributed by atoms with E-state index in [1.807, 2.05) is 36.5 Å². The number of amides is 1. The molecule has 4 rings (SSSR count). The zero-order valence-corrected chi connectivity index (χ0v) is 19.0. The number of halogens is 1. The molecule has 2 atom stereocenters. The van der Waals surface area contributed by atoms with Crippen LogP contribution in [0.5, 0.6) is 0 Å². The summed E-state index contributed by atoms with van der Waals surface area (Å²) in [5, 5.41) is 13.3. The van der Waals surface area contributed by atoms with Crippen molar-refractivity contribution in [3.8, 4) is 0 Å². The van der Waals surface area contributed by atoms with Crippen molar-refractivity contribution < 1.29 is 14.6 Å². The van der Waals surface area contributed by atoms with Crippen molar-refractivity contribution in [2.24, 2.45) is 0 Å². The molecule has 1 unspecified atom stereocenters. The smallest absolute Gasteiger partial charge is 0.233 e. The molecular weight excluding hydrogens is 424 g/mol. The fourth-order valence-electron chi connectivity index (χ4n) is 4.01. The van der Waals surface area contributed by atoms with Gasteiger partial charge in [0, 0.05) is 30.0 Å². The second-order valence-electron chi connectivity index (χ2n) is 8.43. The van der Waals surface area contributed by atoms with Crippen LogP contribution >= 0.6 is 11.6 Å². The zero-order valence-electron chi connectivity index (χ0n) is 18.3. The summed E-state index contributed by atoms with van der Waals surface area (Å²) in [6, 6.07) is 14.0. The standard InChI is InChI=1S/C26H29ClN2O3/c1-18(30)15-28-16-20-2-5-22-13-24(9-6-21(22)12-20)29-11-10-25(14-26(29)31)32-17-19-3-7-23(27)8-4-19/h2-5,7-8,10-13,18,25,28,30H,6,9,14-17H2,1H3/t18-,25?/m0/s1. The average Bonchev–Trinajstić information content (AvgIpc) is 2.78. The van der Waals surface area contributed by atoms with Crippen molar-refractivity contribution in [1.82, 2.24) is 10.2 Å². The van der Waals surface area contributed by atoms with Crippen LogP contribution in [-0.2, 0) is 29.1 Å². The first kappa shape index (κ1) is 22.7. The highest BCUT2D eigenvalue weighted by Crippen LogP contribution is 2.29. The Morgan fingerprint density at radius 3 is 2.72 bits per heavy atom. The van der Waals surface area contributed by atoms with Gasteiger partial charge in [-0.25, -0.2) is 0 Å². The molecule has 2 aromatic carbocycles. The van der Waals surface area contributed by atoms with Crippen LogP contribution in [-0.4, -0.2) is 34.7 Å². The van der Waals surface area contributed by atoms with E-state index in [1.54, 1.807) is 11.8 Å². The van der Waals surface area contributed by atoms with Gasteiger partial charge < -0.3 is 15.2 Å². The molecule has 2 aliphatic rings. The highest BCUT2D eigenvalue weighted by Gasteiger charge is 2.26. The second kappa shape index (κ2) is 10.5. The first-order valence-electron chi connectivity index (χ1n) is 11.1. The van der Waals surface area contributed by atoms with Gasteiger partial charge in [0.2, 0.25) is 5.91 Å². The van der Waals surface area contributed by atoms with E-state index in [-0.39, 0.29) is 18.1 Å². The molecular formula is C26H29ClN2O3. The highest BCUT2D eigenvalue weighted by molar-refractivity contribution is 6.30. The largest absolute Gasteiger partial charge is 0.392 e. The molecule has 1 aliphatic carbocycles. The number of aliphatic hydroxyl groups excluding tert-OH is 1. The Balaban J connectivity index is 1.37. The first-order valence-corrected chi connectivity index (χ1v) is 11.4. The van der Waals surface area contributed by atoms with E-state index in [2.05, 4.69) is 29.6 Å². The maximum Gasteiger partial charge on any atom is 0.233 e. The lowest BCUT2D eigenvalue weighted by molar-refractivity contribution is -0.130. The maximum absolute atomic E-state index is 12.8. The van der Waals surface area contributed by atoms with Crippen LogP contribution in [0.15, 0.2) is 60.4 Å².